The molecular weight excluding hydrogens is 382 g/mol. The summed E-state index contributed by atoms with van der Waals surface area (Å²) in [6, 6.07) is 6.10. The maximum atomic E-state index is 11.2. The molecule has 1 fully saturated rings. The van der Waals surface area contributed by atoms with Gasteiger partial charge in [-0.15, -0.1) is 13.2 Å². The van der Waals surface area contributed by atoms with E-state index in [-0.39, 0.29) is 0 Å². The lowest BCUT2D eigenvalue weighted by atomic mass is 9.89. The van der Waals surface area contributed by atoms with E-state index < -0.39 is 5.60 Å². The van der Waals surface area contributed by atoms with Crippen LogP contribution in [0.3, 0.4) is 0 Å². The molecule has 0 radical (unpaired) electrons. The molecule has 1 aliphatic heterocycles. The van der Waals surface area contributed by atoms with Crippen molar-refractivity contribution in [1.82, 2.24) is 4.90 Å². The number of thiophene rings is 1. The first kappa shape index (κ1) is 22.0. The second kappa shape index (κ2) is 10.9. The van der Waals surface area contributed by atoms with Gasteiger partial charge in [0.15, 0.2) is 0 Å². The van der Waals surface area contributed by atoms with Gasteiger partial charge < -0.3 is 14.3 Å². The molecule has 1 saturated heterocycles. The van der Waals surface area contributed by atoms with E-state index in [1.807, 2.05) is 24.3 Å². The number of hydrogen-bond acceptors (Lipinski definition) is 5. The van der Waals surface area contributed by atoms with Crippen molar-refractivity contribution in [2.75, 3.05) is 13.2 Å². The van der Waals surface area contributed by atoms with Crippen molar-refractivity contribution in [3.05, 3.63) is 71.4 Å². The summed E-state index contributed by atoms with van der Waals surface area (Å²) in [5.74, 6) is 1.52. The molecule has 1 N–H and O–H groups in total. The number of nitrogens with zero attached hydrogens (tertiary/aromatic N) is 1. The molecule has 29 heavy (non-hydrogen) atoms. The molecule has 5 heteroatoms. The van der Waals surface area contributed by atoms with Crippen LogP contribution in [0.4, 0.5) is 0 Å². The molecule has 158 valence electrons. The summed E-state index contributed by atoms with van der Waals surface area (Å²) in [6.45, 7) is 10.9. The molecule has 1 aliphatic rings. The summed E-state index contributed by atoms with van der Waals surface area (Å²) in [7, 11) is 0. The van der Waals surface area contributed by atoms with Gasteiger partial charge in [0.1, 0.15) is 17.1 Å². The lowest BCUT2D eigenvalue weighted by Gasteiger charge is -2.26. The average Bonchev–Trinajstić information content (AvgIpc) is 3.48. The zero-order chi connectivity index (χ0) is 20.5. The molecule has 4 nitrogen and oxygen atoms in total. The Morgan fingerprint density at radius 2 is 1.97 bits per heavy atom. The molecule has 2 aromatic rings. The monoisotopic (exact) mass is 415 g/mol. The van der Waals surface area contributed by atoms with E-state index in [0.717, 1.165) is 51.1 Å². The molecule has 0 aromatic carbocycles. The molecule has 0 spiro atoms. The van der Waals surface area contributed by atoms with Crippen molar-refractivity contribution in [3.63, 3.8) is 0 Å². The van der Waals surface area contributed by atoms with Crippen molar-refractivity contribution < 1.29 is 14.3 Å². The number of furan rings is 1. The molecule has 0 bridgehead atoms. The minimum absolute atomic E-state index is 0.292. The topological polar surface area (TPSA) is 45.8 Å². The first-order valence-electron chi connectivity index (χ1n) is 10.5. The fourth-order valence-electron chi connectivity index (χ4n) is 3.89. The highest BCUT2D eigenvalue weighted by Gasteiger charge is 2.31. The number of hydrogen-bond donors (Lipinski definition) is 1. The zero-order valence-corrected chi connectivity index (χ0v) is 18.0. The maximum absolute atomic E-state index is 11.2. The van der Waals surface area contributed by atoms with Crippen molar-refractivity contribution >= 4 is 11.3 Å². The first-order chi connectivity index (χ1) is 14.1. The van der Waals surface area contributed by atoms with Crippen LogP contribution < -0.4 is 0 Å². The highest BCUT2D eigenvalue weighted by Crippen LogP contribution is 2.33. The van der Waals surface area contributed by atoms with Gasteiger partial charge in [-0.05, 0) is 73.0 Å². The van der Waals surface area contributed by atoms with E-state index in [4.69, 9.17) is 9.15 Å². The van der Waals surface area contributed by atoms with Crippen molar-refractivity contribution in [3.8, 4) is 0 Å². The van der Waals surface area contributed by atoms with Gasteiger partial charge in [-0.3, -0.25) is 4.90 Å². The SMILES string of the molecule is C=CCCC(O)(CCC=C)c1ccc(CN(Cc2ccsc2)C[C@@H]2CCCO2)o1. The van der Waals surface area contributed by atoms with Crippen LogP contribution in [0.2, 0.25) is 0 Å². The second-order valence-electron chi connectivity index (χ2n) is 7.89. The van der Waals surface area contributed by atoms with E-state index in [0.29, 0.717) is 31.3 Å². The van der Waals surface area contributed by atoms with Crippen LogP contribution in [0.1, 0.15) is 55.6 Å². The molecule has 3 heterocycles. The number of allylic oxidation sites excluding steroid dienone is 2. The second-order valence-corrected chi connectivity index (χ2v) is 8.67. The highest BCUT2D eigenvalue weighted by molar-refractivity contribution is 7.07. The Labute approximate surface area is 178 Å². The van der Waals surface area contributed by atoms with Gasteiger partial charge in [-0.1, -0.05) is 12.2 Å². The first-order valence-corrected chi connectivity index (χ1v) is 11.5. The van der Waals surface area contributed by atoms with Crippen molar-refractivity contribution in [2.45, 2.75) is 63.3 Å². The zero-order valence-electron chi connectivity index (χ0n) is 17.2. The normalized spacial score (nSPS) is 17.1. The van der Waals surface area contributed by atoms with Crippen molar-refractivity contribution in [1.29, 1.82) is 0 Å². The predicted octanol–water partition coefficient (Wildman–Crippen LogP) is 5.64. The molecule has 0 saturated carbocycles. The largest absolute Gasteiger partial charge is 0.462 e. The van der Waals surface area contributed by atoms with Crippen LogP contribution in [0.15, 0.2) is 58.7 Å². The van der Waals surface area contributed by atoms with Gasteiger partial charge in [0, 0.05) is 19.7 Å². The summed E-state index contributed by atoms with van der Waals surface area (Å²) >= 11 is 1.72. The number of rotatable bonds is 13. The molecule has 0 aliphatic carbocycles. The maximum Gasteiger partial charge on any atom is 0.135 e. The Balaban J connectivity index is 1.70. The fraction of sp³-hybridized carbons (Fsp3) is 0.500. The van der Waals surface area contributed by atoms with Crippen LogP contribution in [-0.2, 0) is 23.4 Å². The van der Waals surface area contributed by atoms with Crippen LogP contribution in [0, 0.1) is 0 Å². The molecule has 0 unspecified atom stereocenters. The Morgan fingerprint density at radius 3 is 2.59 bits per heavy atom. The Morgan fingerprint density at radius 1 is 1.17 bits per heavy atom. The van der Waals surface area contributed by atoms with Gasteiger partial charge in [-0.2, -0.15) is 11.3 Å². The fourth-order valence-corrected chi connectivity index (χ4v) is 4.55. The third-order valence-corrected chi connectivity index (χ3v) is 6.23. The summed E-state index contributed by atoms with van der Waals surface area (Å²) in [5, 5.41) is 15.5. The highest BCUT2D eigenvalue weighted by atomic mass is 32.1. The molecule has 0 amide bonds. The lowest BCUT2D eigenvalue weighted by Crippen LogP contribution is -2.31. The summed E-state index contributed by atoms with van der Waals surface area (Å²) in [5.41, 5.74) is 0.334. The van der Waals surface area contributed by atoms with Gasteiger partial charge in [0.05, 0.1) is 12.6 Å². The molecular formula is C24H33NO3S. The smallest absolute Gasteiger partial charge is 0.135 e. The molecule has 1 atom stereocenters. The Hall–Kier alpha value is -1.66. The minimum atomic E-state index is -0.979. The third kappa shape index (κ3) is 6.41. The summed E-state index contributed by atoms with van der Waals surface area (Å²) in [4.78, 5) is 2.38. The minimum Gasteiger partial charge on any atom is -0.462 e. The van der Waals surface area contributed by atoms with E-state index in [1.54, 1.807) is 11.3 Å². The summed E-state index contributed by atoms with van der Waals surface area (Å²) in [6.07, 6.45) is 8.92. The van der Waals surface area contributed by atoms with Crippen LogP contribution in [-0.4, -0.2) is 29.3 Å². The number of ether oxygens (including phenoxy) is 1. The van der Waals surface area contributed by atoms with Crippen LogP contribution >= 0.6 is 11.3 Å². The van der Waals surface area contributed by atoms with E-state index in [1.165, 1.54) is 5.56 Å². The number of aliphatic hydroxyl groups is 1. The van der Waals surface area contributed by atoms with Gasteiger partial charge in [-0.25, -0.2) is 0 Å². The lowest BCUT2D eigenvalue weighted by molar-refractivity contribution is -0.00261. The summed E-state index contributed by atoms with van der Waals surface area (Å²) < 4.78 is 12.0. The van der Waals surface area contributed by atoms with Crippen LogP contribution in [0.25, 0.3) is 0 Å². The third-order valence-electron chi connectivity index (χ3n) is 5.50. The standard InChI is InChI=1S/C24H33NO3S/c1-3-5-12-24(26,13-6-4-2)23-10-9-22(28-23)18-25(16-20-11-15-29-19-20)17-21-8-7-14-27-21/h3-4,9-11,15,19,21,26H,1-2,5-8,12-14,16-18H2/t21-/m0/s1. The van der Waals surface area contributed by atoms with E-state index >= 15 is 0 Å². The Kier molecular flexibility index (Phi) is 8.30. The van der Waals surface area contributed by atoms with E-state index in [9.17, 15) is 5.11 Å². The Bertz CT molecular complexity index is 734. The average molecular weight is 416 g/mol. The van der Waals surface area contributed by atoms with Gasteiger partial charge in [0.25, 0.3) is 0 Å². The van der Waals surface area contributed by atoms with Gasteiger partial charge in [0.2, 0.25) is 0 Å². The van der Waals surface area contributed by atoms with Crippen molar-refractivity contribution in [2.24, 2.45) is 0 Å². The van der Waals surface area contributed by atoms with E-state index in [2.05, 4.69) is 34.9 Å². The van der Waals surface area contributed by atoms with Gasteiger partial charge >= 0.3 is 0 Å². The molecule has 2 aromatic heterocycles. The molecule has 3 rings (SSSR count). The van der Waals surface area contributed by atoms with Crippen LogP contribution in [0.5, 0.6) is 0 Å². The quantitative estimate of drug-likeness (QED) is 0.430. The predicted molar refractivity (Wildman–Crippen MR) is 119 cm³/mol.